The van der Waals surface area contributed by atoms with Crippen LogP contribution in [-0.2, 0) is 16.0 Å². The Morgan fingerprint density at radius 3 is 2.70 bits per heavy atom. The van der Waals surface area contributed by atoms with Gasteiger partial charge in [0.2, 0.25) is 0 Å². The van der Waals surface area contributed by atoms with Crippen LogP contribution in [0.15, 0.2) is 60.4 Å². The molecule has 3 amide bonds. The molecule has 0 radical (unpaired) electrons. The molecule has 3 rings (SSSR count). The number of ether oxygens (including phenoxy) is 1. The van der Waals surface area contributed by atoms with Gasteiger partial charge >= 0.3 is 0 Å². The Hall–Kier alpha value is -3.79. The standard InChI is InChI=1S/C23H24N4O5S/c1-27-19-11-15(21(29)26-33-2)8-9-20(19)32-13-18(23(27)31)25-22(30)17(24)12-16(28)10-14-6-4-3-5-7-14/h3-9,11-12,18,24,28H,10,13H2,1-2H3,(H,25,30)(H,26,29)/b16-12-,24-17?/t18-/m0/s1. The second-order valence-electron chi connectivity index (χ2n) is 7.26. The Kier molecular flexibility index (Phi) is 7.73. The highest BCUT2D eigenvalue weighted by Gasteiger charge is 2.31. The van der Waals surface area contributed by atoms with Gasteiger partial charge in [-0.2, -0.15) is 0 Å². The summed E-state index contributed by atoms with van der Waals surface area (Å²) in [5.74, 6) is -1.36. The summed E-state index contributed by atoms with van der Waals surface area (Å²) < 4.78 is 8.30. The number of fused-ring (bicyclic) bond motifs is 1. The number of hydrogen-bond donors (Lipinski definition) is 4. The summed E-state index contributed by atoms with van der Waals surface area (Å²) in [5, 5.41) is 20.5. The average molecular weight is 469 g/mol. The maximum absolute atomic E-state index is 12.9. The van der Waals surface area contributed by atoms with Gasteiger partial charge in [-0.1, -0.05) is 42.3 Å². The normalized spacial score (nSPS) is 15.7. The van der Waals surface area contributed by atoms with Crippen LogP contribution < -0.4 is 19.7 Å². The van der Waals surface area contributed by atoms with Crippen molar-refractivity contribution in [3.05, 3.63) is 71.5 Å². The molecule has 1 aliphatic heterocycles. The Labute approximate surface area is 195 Å². The molecule has 33 heavy (non-hydrogen) atoms. The lowest BCUT2D eigenvalue weighted by atomic mass is 10.1. The summed E-state index contributed by atoms with van der Waals surface area (Å²) in [6, 6.07) is 12.8. The second kappa shape index (κ2) is 10.7. The lowest BCUT2D eigenvalue weighted by molar-refractivity contribution is -0.124. The molecule has 0 bridgehead atoms. The maximum Gasteiger partial charge on any atom is 0.270 e. The fourth-order valence-corrected chi connectivity index (χ4v) is 3.52. The van der Waals surface area contributed by atoms with Crippen molar-refractivity contribution in [3.63, 3.8) is 0 Å². The van der Waals surface area contributed by atoms with Crippen molar-refractivity contribution < 1.29 is 24.2 Å². The fraction of sp³-hybridized carbons (Fsp3) is 0.217. The van der Waals surface area contributed by atoms with Crippen LogP contribution in [0.25, 0.3) is 0 Å². The molecule has 1 heterocycles. The van der Waals surface area contributed by atoms with Crippen LogP contribution in [0.5, 0.6) is 5.75 Å². The third kappa shape index (κ3) is 5.92. The van der Waals surface area contributed by atoms with E-state index in [9.17, 15) is 19.5 Å². The van der Waals surface area contributed by atoms with Gasteiger partial charge in [-0.05, 0) is 23.8 Å². The zero-order chi connectivity index (χ0) is 24.0. The summed E-state index contributed by atoms with van der Waals surface area (Å²) >= 11 is 1.16. The molecular weight excluding hydrogens is 444 g/mol. The zero-order valence-electron chi connectivity index (χ0n) is 18.1. The Morgan fingerprint density at radius 1 is 1.27 bits per heavy atom. The van der Waals surface area contributed by atoms with Crippen LogP contribution in [0.1, 0.15) is 15.9 Å². The first-order chi connectivity index (χ1) is 15.8. The number of hydrogen-bond acceptors (Lipinski definition) is 7. The predicted molar refractivity (Wildman–Crippen MR) is 127 cm³/mol. The smallest absolute Gasteiger partial charge is 0.270 e. The van der Waals surface area contributed by atoms with Crippen LogP contribution in [-0.4, -0.2) is 54.5 Å². The molecule has 0 aromatic heterocycles. The van der Waals surface area contributed by atoms with Crippen LogP contribution in [0.2, 0.25) is 0 Å². The molecular formula is C23H24N4O5S. The number of aliphatic hydroxyl groups is 1. The van der Waals surface area contributed by atoms with E-state index in [4.69, 9.17) is 10.1 Å². The largest absolute Gasteiger partial charge is 0.512 e. The molecule has 0 saturated carbocycles. The lowest BCUT2D eigenvalue weighted by Crippen LogP contribution is -2.50. The average Bonchev–Trinajstić information content (AvgIpc) is 2.91. The Balaban J connectivity index is 1.68. The molecule has 0 aliphatic carbocycles. The highest BCUT2D eigenvalue weighted by molar-refractivity contribution is 7.97. The van der Waals surface area contributed by atoms with Gasteiger partial charge in [0.25, 0.3) is 17.7 Å². The SMILES string of the molecule is CSNC(=O)c1ccc2c(c1)N(C)C(=O)[C@@H](NC(=O)C(=N)/C=C(\O)Cc1ccccc1)CO2. The van der Waals surface area contributed by atoms with Gasteiger partial charge in [0.05, 0.1) is 11.4 Å². The van der Waals surface area contributed by atoms with Crippen molar-refractivity contribution in [1.29, 1.82) is 5.41 Å². The van der Waals surface area contributed by atoms with E-state index < -0.39 is 23.6 Å². The van der Waals surface area contributed by atoms with Crippen LogP contribution in [0.3, 0.4) is 0 Å². The van der Waals surface area contributed by atoms with Crippen molar-refractivity contribution in [2.24, 2.45) is 0 Å². The number of nitrogens with one attached hydrogen (secondary N) is 3. The number of carbonyl (C=O) groups is 3. The number of likely N-dealkylation sites (N-methyl/N-ethyl adjacent to an activating group) is 1. The molecule has 2 aromatic rings. The van der Waals surface area contributed by atoms with Crippen molar-refractivity contribution >= 4 is 41.1 Å². The van der Waals surface area contributed by atoms with E-state index in [0.717, 1.165) is 23.6 Å². The predicted octanol–water partition coefficient (Wildman–Crippen LogP) is 2.24. The van der Waals surface area contributed by atoms with Crippen LogP contribution in [0.4, 0.5) is 5.69 Å². The number of anilines is 1. The van der Waals surface area contributed by atoms with E-state index in [2.05, 4.69) is 10.0 Å². The molecule has 2 aromatic carbocycles. The number of nitrogens with zero attached hydrogens (tertiary/aromatic N) is 1. The van der Waals surface area contributed by atoms with Gasteiger partial charge in [-0.3, -0.25) is 24.5 Å². The Bertz CT molecular complexity index is 1100. The van der Waals surface area contributed by atoms with Crippen molar-refractivity contribution in [1.82, 2.24) is 10.0 Å². The first-order valence-corrected chi connectivity index (χ1v) is 11.2. The lowest BCUT2D eigenvalue weighted by Gasteiger charge is -2.20. The number of benzene rings is 2. The van der Waals surface area contributed by atoms with Gasteiger partial charge in [-0.15, -0.1) is 0 Å². The summed E-state index contributed by atoms with van der Waals surface area (Å²) in [4.78, 5) is 38.8. The minimum Gasteiger partial charge on any atom is -0.512 e. The third-order valence-corrected chi connectivity index (χ3v) is 5.29. The molecule has 0 saturated heterocycles. The summed E-state index contributed by atoms with van der Waals surface area (Å²) in [7, 11) is 1.52. The minimum absolute atomic E-state index is 0.148. The second-order valence-corrected chi connectivity index (χ2v) is 7.88. The summed E-state index contributed by atoms with van der Waals surface area (Å²) in [6.45, 7) is -0.148. The zero-order valence-corrected chi connectivity index (χ0v) is 18.9. The van der Waals surface area contributed by atoms with Crippen molar-refractivity contribution in [3.8, 4) is 5.75 Å². The van der Waals surface area contributed by atoms with Gasteiger partial charge in [0.1, 0.15) is 24.1 Å². The molecule has 0 fully saturated rings. The first-order valence-electron chi connectivity index (χ1n) is 10.0. The summed E-state index contributed by atoms with van der Waals surface area (Å²) in [6.07, 6.45) is 2.95. The topological polar surface area (TPSA) is 132 Å². The fourth-order valence-electron chi connectivity index (χ4n) is 3.22. The van der Waals surface area contributed by atoms with E-state index in [1.807, 2.05) is 30.3 Å². The van der Waals surface area contributed by atoms with Crippen LogP contribution in [0, 0.1) is 5.41 Å². The van der Waals surface area contributed by atoms with Gasteiger partial charge in [0.15, 0.2) is 0 Å². The maximum atomic E-state index is 12.9. The van der Waals surface area contributed by atoms with Crippen LogP contribution >= 0.6 is 11.9 Å². The number of allylic oxidation sites excluding steroid dienone is 1. The quantitative estimate of drug-likeness (QED) is 0.280. The Morgan fingerprint density at radius 2 is 2.00 bits per heavy atom. The molecule has 1 atom stereocenters. The highest BCUT2D eigenvalue weighted by atomic mass is 32.2. The molecule has 172 valence electrons. The molecule has 0 unspecified atom stereocenters. The molecule has 9 nitrogen and oxygen atoms in total. The molecule has 10 heteroatoms. The van der Waals surface area contributed by atoms with E-state index in [1.165, 1.54) is 18.0 Å². The van der Waals surface area contributed by atoms with E-state index in [0.29, 0.717) is 17.0 Å². The molecule has 1 aliphatic rings. The number of rotatable bonds is 7. The van der Waals surface area contributed by atoms with E-state index >= 15 is 0 Å². The highest BCUT2D eigenvalue weighted by Crippen LogP contribution is 2.31. The van der Waals surface area contributed by atoms with Gasteiger partial charge in [-0.25, -0.2) is 0 Å². The van der Waals surface area contributed by atoms with Gasteiger partial charge < -0.3 is 20.1 Å². The third-order valence-electron chi connectivity index (χ3n) is 4.90. The van der Waals surface area contributed by atoms with Crippen molar-refractivity contribution in [2.45, 2.75) is 12.5 Å². The number of carbonyl (C=O) groups excluding carboxylic acids is 3. The summed E-state index contributed by atoms with van der Waals surface area (Å²) in [5.41, 5.74) is 1.09. The number of amides is 3. The van der Waals surface area contributed by atoms with Crippen molar-refractivity contribution in [2.75, 3.05) is 24.8 Å². The minimum atomic E-state index is -1.05. The monoisotopic (exact) mass is 468 g/mol. The van der Waals surface area contributed by atoms with E-state index in [1.54, 1.807) is 18.4 Å². The number of aliphatic hydroxyl groups excluding tert-OH is 1. The van der Waals surface area contributed by atoms with Gasteiger partial charge in [0, 0.05) is 31.4 Å². The van der Waals surface area contributed by atoms with E-state index in [-0.39, 0.29) is 24.7 Å². The molecule has 4 N–H and O–H groups in total. The first kappa shape index (κ1) is 23.9. The molecule has 0 spiro atoms.